The SMILES string of the molecule is CC1=C2C=CC=CC2Nc2c(c3cccc4c5cc6oc7ccc(-c8ccccc8)cc7c6cc5n2c34)C1. The van der Waals surface area contributed by atoms with E-state index in [-0.39, 0.29) is 6.04 Å². The van der Waals surface area contributed by atoms with Gasteiger partial charge in [0.1, 0.15) is 17.0 Å². The summed E-state index contributed by atoms with van der Waals surface area (Å²) in [5, 5.41) is 10.1. The Labute approximate surface area is 219 Å². The Hall–Kier alpha value is -4.76. The number of fused-ring (bicyclic) bond motifs is 10. The third-order valence-corrected chi connectivity index (χ3v) is 8.57. The summed E-state index contributed by atoms with van der Waals surface area (Å²) in [4.78, 5) is 0. The molecule has 4 aromatic carbocycles. The minimum atomic E-state index is 0.182. The first kappa shape index (κ1) is 20.3. The number of hydrogen-bond donors (Lipinski definition) is 1. The van der Waals surface area contributed by atoms with E-state index in [2.05, 4.69) is 120 Å². The normalized spacial score (nSPS) is 17.1. The molecular weight excluding hydrogens is 464 g/mol. The summed E-state index contributed by atoms with van der Waals surface area (Å²) in [6.07, 6.45) is 9.78. The van der Waals surface area contributed by atoms with Crippen molar-refractivity contribution in [2.24, 2.45) is 0 Å². The van der Waals surface area contributed by atoms with Crippen molar-refractivity contribution >= 4 is 54.9 Å². The predicted octanol–water partition coefficient (Wildman–Crippen LogP) is 9.03. The van der Waals surface area contributed by atoms with Gasteiger partial charge in [-0.3, -0.25) is 4.40 Å². The number of nitrogens with zero attached hydrogens (tertiary/aromatic N) is 1. The first-order valence-corrected chi connectivity index (χ1v) is 13.3. The zero-order valence-electron chi connectivity index (χ0n) is 21.0. The van der Waals surface area contributed by atoms with E-state index in [1.54, 1.807) is 0 Å². The van der Waals surface area contributed by atoms with Crippen LogP contribution in [0.2, 0.25) is 0 Å². The summed E-state index contributed by atoms with van der Waals surface area (Å²) in [5.41, 5.74) is 11.0. The molecule has 0 spiro atoms. The second-order valence-electron chi connectivity index (χ2n) is 10.7. The molecule has 1 N–H and O–H groups in total. The first-order chi connectivity index (χ1) is 18.7. The van der Waals surface area contributed by atoms with Crippen LogP contribution in [-0.2, 0) is 6.42 Å². The van der Waals surface area contributed by atoms with E-state index < -0.39 is 0 Å². The molecule has 0 bridgehead atoms. The Kier molecular flexibility index (Phi) is 3.83. The van der Waals surface area contributed by atoms with Crippen molar-refractivity contribution in [2.75, 3.05) is 5.32 Å². The second-order valence-corrected chi connectivity index (χ2v) is 10.7. The van der Waals surface area contributed by atoms with Gasteiger partial charge in [0, 0.05) is 32.5 Å². The largest absolute Gasteiger partial charge is 0.456 e. The smallest absolute Gasteiger partial charge is 0.136 e. The molecule has 38 heavy (non-hydrogen) atoms. The van der Waals surface area contributed by atoms with Gasteiger partial charge in [-0.25, -0.2) is 0 Å². The fourth-order valence-corrected chi connectivity index (χ4v) is 6.80. The van der Waals surface area contributed by atoms with Gasteiger partial charge in [-0.15, -0.1) is 0 Å². The monoisotopic (exact) mass is 488 g/mol. The third kappa shape index (κ3) is 2.58. The van der Waals surface area contributed by atoms with Crippen molar-refractivity contribution in [1.82, 2.24) is 4.40 Å². The summed E-state index contributed by atoms with van der Waals surface area (Å²) >= 11 is 0. The Morgan fingerprint density at radius 2 is 1.63 bits per heavy atom. The van der Waals surface area contributed by atoms with E-state index in [0.29, 0.717) is 0 Å². The van der Waals surface area contributed by atoms with Gasteiger partial charge in [-0.1, -0.05) is 84.5 Å². The van der Waals surface area contributed by atoms with Crippen LogP contribution in [0.5, 0.6) is 0 Å². The second kappa shape index (κ2) is 7.17. The topological polar surface area (TPSA) is 29.6 Å². The molecule has 3 aromatic heterocycles. The Morgan fingerprint density at radius 3 is 2.55 bits per heavy atom. The Balaban J connectivity index is 1.36. The van der Waals surface area contributed by atoms with Crippen LogP contribution in [0.4, 0.5) is 5.82 Å². The van der Waals surface area contributed by atoms with E-state index in [1.165, 1.54) is 60.8 Å². The van der Waals surface area contributed by atoms with E-state index in [4.69, 9.17) is 4.42 Å². The van der Waals surface area contributed by atoms with Gasteiger partial charge in [0.15, 0.2) is 0 Å². The maximum Gasteiger partial charge on any atom is 0.136 e. The Morgan fingerprint density at radius 1 is 0.763 bits per heavy atom. The molecule has 9 rings (SSSR count). The average molecular weight is 489 g/mol. The van der Waals surface area contributed by atoms with Crippen LogP contribution in [0.15, 0.2) is 119 Å². The molecule has 2 aliphatic rings. The average Bonchev–Trinajstić information content (AvgIpc) is 3.55. The lowest BCUT2D eigenvalue weighted by atomic mass is 9.95. The number of allylic oxidation sites excluding steroid dienone is 3. The van der Waals surface area contributed by atoms with E-state index in [9.17, 15) is 0 Å². The van der Waals surface area contributed by atoms with Gasteiger partial charge in [-0.2, -0.15) is 0 Å². The lowest BCUT2D eigenvalue weighted by Gasteiger charge is -2.19. The van der Waals surface area contributed by atoms with Gasteiger partial charge in [0.05, 0.1) is 17.1 Å². The van der Waals surface area contributed by atoms with Crippen LogP contribution in [-0.4, -0.2) is 10.4 Å². The van der Waals surface area contributed by atoms with Crippen molar-refractivity contribution in [3.63, 3.8) is 0 Å². The highest BCUT2D eigenvalue weighted by Crippen LogP contribution is 2.45. The highest BCUT2D eigenvalue weighted by atomic mass is 16.3. The molecule has 1 aliphatic heterocycles. The lowest BCUT2D eigenvalue weighted by Crippen LogP contribution is -2.20. The molecule has 1 atom stereocenters. The van der Waals surface area contributed by atoms with Crippen LogP contribution in [0.3, 0.4) is 0 Å². The molecular formula is C35H24N2O. The Bertz CT molecular complexity index is 2190. The molecule has 1 aliphatic carbocycles. The number of furan rings is 1. The number of anilines is 1. The highest BCUT2D eigenvalue weighted by molar-refractivity contribution is 6.21. The van der Waals surface area contributed by atoms with Crippen molar-refractivity contribution in [3.8, 4) is 11.1 Å². The van der Waals surface area contributed by atoms with Crippen molar-refractivity contribution < 1.29 is 4.42 Å². The molecule has 1 unspecified atom stereocenters. The quantitative estimate of drug-likeness (QED) is 0.250. The summed E-state index contributed by atoms with van der Waals surface area (Å²) in [7, 11) is 0. The fraction of sp³-hybridized carbons (Fsp3) is 0.0857. The number of benzene rings is 4. The van der Waals surface area contributed by atoms with Crippen LogP contribution in [0, 0.1) is 0 Å². The molecule has 0 saturated heterocycles. The third-order valence-electron chi connectivity index (χ3n) is 8.57. The van der Waals surface area contributed by atoms with E-state index in [1.807, 2.05) is 0 Å². The summed E-state index contributed by atoms with van der Waals surface area (Å²) in [6, 6.07) is 28.6. The number of para-hydroxylation sites is 1. The highest BCUT2D eigenvalue weighted by Gasteiger charge is 2.28. The standard InChI is InChI=1S/C35H24N2O/c1-20-16-29-25-12-7-11-24-26-19-33-28(27-17-22(14-15-32(27)38-33)21-8-3-2-4-9-21)18-31(26)37(34(24)25)35(29)36-30-13-6-5-10-23(20)30/h2-15,17-19,30,36H,16H2,1H3. The molecule has 7 aromatic rings. The number of nitrogens with one attached hydrogen (secondary N) is 1. The van der Waals surface area contributed by atoms with Gasteiger partial charge in [0.2, 0.25) is 0 Å². The molecule has 0 saturated carbocycles. The van der Waals surface area contributed by atoms with Gasteiger partial charge in [-0.05, 0) is 54.3 Å². The number of aromatic nitrogens is 1. The number of rotatable bonds is 1. The molecule has 3 nitrogen and oxygen atoms in total. The van der Waals surface area contributed by atoms with Crippen LogP contribution >= 0.6 is 0 Å². The molecule has 0 fully saturated rings. The number of hydrogen-bond acceptors (Lipinski definition) is 2. The van der Waals surface area contributed by atoms with Crippen molar-refractivity contribution in [1.29, 1.82) is 0 Å². The zero-order chi connectivity index (χ0) is 25.0. The zero-order valence-corrected chi connectivity index (χ0v) is 21.0. The predicted molar refractivity (Wildman–Crippen MR) is 158 cm³/mol. The maximum absolute atomic E-state index is 6.41. The minimum absolute atomic E-state index is 0.182. The summed E-state index contributed by atoms with van der Waals surface area (Å²) < 4.78 is 8.88. The van der Waals surface area contributed by atoms with Crippen molar-refractivity contribution in [3.05, 3.63) is 120 Å². The minimum Gasteiger partial charge on any atom is -0.456 e. The molecule has 3 heteroatoms. The summed E-state index contributed by atoms with van der Waals surface area (Å²) in [5.74, 6) is 1.21. The fourth-order valence-electron chi connectivity index (χ4n) is 6.80. The van der Waals surface area contributed by atoms with E-state index in [0.717, 1.165) is 28.4 Å². The van der Waals surface area contributed by atoms with Gasteiger partial charge in [0.25, 0.3) is 0 Å². The maximum atomic E-state index is 6.41. The summed E-state index contributed by atoms with van der Waals surface area (Å²) in [6.45, 7) is 2.28. The van der Waals surface area contributed by atoms with Gasteiger partial charge >= 0.3 is 0 Å². The first-order valence-electron chi connectivity index (χ1n) is 13.3. The molecule has 0 amide bonds. The molecule has 0 radical (unpaired) electrons. The van der Waals surface area contributed by atoms with Crippen LogP contribution in [0.1, 0.15) is 12.5 Å². The molecule has 4 heterocycles. The van der Waals surface area contributed by atoms with Crippen LogP contribution in [0.25, 0.3) is 60.3 Å². The van der Waals surface area contributed by atoms with Crippen molar-refractivity contribution in [2.45, 2.75) is 19.4 Å². The lowest BCUT2D eigenvalue weighted by molar-refractivity contribution is 0.669. The van der Waals surface area contributed by atoms with Crippen LogP contribution < -0.4 is 5.32 Å². The molecule has 180 valence electrons. The van der Waals surface area contributed by atoms with Gasteiger partial charge < -0.3 is 9.73 Å². The van der Waals surface area contributed by atoms with E-state index >= 15 is 0 Å².